The minimum absolute atomic E-state index is 0.274. The maximum absolute atomic E-state index is 5.77. The van der Waals surface area contributed by atoms with Crippen LogP contribution in [0.1, 0.15) is 42.0 Å². The van der Waals surface area contributed by atoms with Crippen molar-refractivity contribution in [2.75, 3.05) is 13.7 Å². The van der Waals surface area contributed by atoms with Gasteiger partial charge in [0.25, 0.3) is 0 Å². The minimum atomic E-state index is 0.274. The molecule has 92 valence electrons. The van der Waals surface area contributed by atoms with Gasteiger partial charge in [0.1, 0.15) is 5.75 Å². The molecule has 1 heterocycles. The summed E-state index contributed by atoms with van der Waals surface area (Å²) < 4.78 is 5.77. The molecule has 1 N–H and O–H groups in total. The van der Waals surface area contributed by atoms with Gasteiger partial charge in [-0.15, -0.1) is 0 Å². The van der Waals surface area contributed by atoms with Crippen LogP contribution in [-0.2, 0) is 17.7 Å². The normalized spacial score (nSPS) is 22.5. The molecular formula is C14H19NO2. The summed E-state index contributed by atoms with van der Waals surface area (Å²) >= 11 is 0. The Bertz CT molecular complexity index is 417. The van der Waals surface area contributed by atoms with Crippen LogP contribution in [0.25, 0.3) is 0 Å². The number of benzene rings is 1. The van der Waals surface area contributed by atoms with Gasteiger partial charge in [-0.2, -0.15) is 5.48 Å². The molecule has 1 atom stereocenters. The number of ether oxygens (including phenoxy) is 1. The van der Waals surface area contributed by atoms with Gasteiger partial charge >= 0.3 is 0 Å². The van der Waals surface area contributed by atoms with E-state index in [2.05, 4.69) is 17.6 Å². The van der Waals surface area contributed by atoms with Crippen LogP contribution >= 0.6 is 0 Å². The summed E-state index contributed by atoms with van der Waals surface area (Å²) in [4.78, 5) is 5.08. The summed E-state index contributed by atoms with van der Waals surface area (Å²) in [6.45, 7) is 0.771. The number of aryl methyl sites for hydroxylation is 2. The Balaban J connectivity index is 1.98. The molecule has 2 aliphatic rings. The molecule has 1 aliphatic heterocycles. The number of hydroxylamine groups is 1. The van der Waals surface area contributed by atoms with Gasteiger partial charge in [-0.05, 0) is 42.9 Å². The highest BCUT2D eigenvalue weighted by Gasteiger charge is 2.24. The molecule has 17 heavy (non-hydrogen) atoms. The van der Waals surface area contributed by atoms with Crippen molar-refractivity contribution in [3.63, 3.8) is 0 Å². The summed E-state index contributed by atoms with van der Waals surface area (Å²) in [7, 11) is 1.67. The van der Waals surface area contributed by atoms with Gasteiger partial charge in [-0.3, -0.25) is 0 Å². The van der Waals surface area contributed by atoms with E-state index in [1.54, 1.807) is 7.11 Å². The molecule has 0 saturated carbocycles. The number of fused-ring (bicyclic) bond motifs is 2. The Morgan fingerprint density at radius 3 is 2.76 bits per heavy atom. The van der Waals surface area contributed by atoms with E-state index in [0.29, 0.717) is 0 Å². The highest BCUT2D eigenvalue weighted by atomic mass is 16.6. The van der Waals surface area contributed by atoms with Gasteiger partial charge in [0.15, 0.2) is 0 Å². The second-order valence-electron chi connectivity index (χ2n) is 4.88. The molecule has 0 fully saturated rings. The minimum Gasteiger partial charge on any atom is -0.493 e. The van der Waals surface area contributed by atoms with Crippen molar-refractivity contribution in [3.05, 3.63) is 28.8 Å². The third-order valence-electron chi connectivity index (χ3n) is 3.77. The molecule has 3 nitrogen and oxygen atoms in total. The van der Waals surface area contributed by atoms with E-state index in [4.69, 9.17) is 9.57 Å². The zero-order valence-corrected chi connectivity index (χ0v) is 10.3. The van der Waals surface area contributed by atoms with Crippen LogP contribution in [0.2, 0.25) is 0 Å². The van der Waals surface area contributed by atoms with E-state index in [-0.39, 0.29) is 6.04 Å². The van der Waals surface area contributed by atoms with Crippen molar-refractivity contribution in [1.29, 1.82) is 0 Å². The van der Waals surface area contributed by atoms with Crippen molar-refractivity contribution in [3.8, 4) is 5.75 Å². The predicted octanol–water partition coefficient (Wildman–Crippen LogP) is 2.54. The fraction of sp³-hybridized carbons (Fsp3) is 0.571. The second kappa shape index (κ2) is 4.67. The van der Waals surface area contributed by atoms with E-state index in [0.717, 1.165) is 18.8 Å². The van der Waals surface area contributed by atoms with Crippen LogP contribution in [0.4, 0.5) is 0 Å². The Morgan fingerprint density at radius 1 is 1.24 bits per heavy atom. The molecule has 0 amide bonds. The van der Waals surface area contributed by atoms with Gasteiger partial charge in [0, 0.05) is 12.0 Å². The van der Waals surface area contributed by atoms with E-state index in [9.17, 15) is 0 Å². The largest absolute Gasteiger partial charge is 0.493 e. The fourth-order valence-corrected chi connectivity index (χ4v) is 2.89. The summed E-state index contributed by atoms with van der Waals surface area (Å²) in [6, 6.07) is 4.84. The SMILES string of the molecule is CONC1CCOc2cc3c(cc21)CCCC3. The second-order valence-corrected chi connectivity index (χ2v) is 4.88. The molecule has 1 aliphatic carbocycles. The highest BCUT2D eigenvalue weighted by Crippen LogP contribution is 2.36. The Labute approximate surface area is 102 Å². The third-order valence-corrected chi connectivity index (χ3v) is 3.77. The highest BCUT2D eigenvalue weighted by molar-refractivity contribution is 5.46. The van der Waals surface area contributed by atoms with Crippen molar-refractivity contribution in [2.24, 2.45) is 0 Å². The summed E-state index contributed by atoms with van der Waals surface area (Å²) in [5.41, 5.74) is 7.31. The molecule has 3 heteroatoms. The summed E-state index contributed by atoms with van der Waals surface area (Å²) in [5.74, 6) is 1.05. The average molecular weight is 233 g/mol. The van der Waals surface area contributed by atoms with E-state index in [1.165, 1.54) is 42.4 Å². The Morgan fingerprint density at radius 2 is 2.00 bits per heavy atom. The van der Waals surface area contributed by atoms with Gasteiger partial charge < -0.3 is 9.57 Å². The first kappa shape index (κ1) is 11.1. The third kappa shape index (κ3) is 2.05. The van der Waals surface area contributed by atoms with Gasteiger partial charge in [-0.25, -0.2) is 0 Å². The average Bonchev–Trinajstić information content (AvgIpc) is 2.37. The van der Waals surface area contributed by atoms with Crippen LogP contribution in [0.15, 0.2) is 12.1 Å². The lowest BCUT2D eigenvalue weighted by Crippen LogP contribution is -2.26. The van der Waals surface area contributed by atoms with E-state index in [1.807, 2.05) is 0 Å². The van der Waals surface area contributed by atoms with Crippen molar-refractivity contribution in [1.82, 2.24) is 5.48 Å². The van der Waals surface area contributed by atoms with Crippen LogP contribution in [0.3, 0.4) is 0 Å². The number of hydrogen-bond donors (Lipinski definition) is 1. The molecule has 0 spiro atoms. The molecule has 1 unspecified atom stereocenters. The lowest BCUT2D eigenvalue weighted by Gasteiger charge is -2.28. The summed E-state index contributed by atoms with van der Waals surface area (Å²) in [5, 5.41) is 0. The topological polar surface area (TPSA) is 30.5 Å². The first-order chi connectivity index (χ1) is 8.38. The lowest BCUT2D eigenvalue weighted by atomic mass is 9.87. The van der Waals surface area contributed by atoms with E-state index < -0.39 is 0 Å². The van der Waals surface area contributed by atoms with Crippen LogP contribution in [0.5, 0.6) is 5.75 Å². The van der Waals surface area contributed by atoms with Crippen molar-refractivity contribution < 1.29 is 9.57 Å². The quantitative estimate of drug-likeness (QED) is 0.796. The van der Waals surface area contributed by atoms with Gasteiger partial charge in [0.2, 0.25) is 0 Å². The first-order valence-corrected chi connectivity index (χ1v) is 6.45. The molecule has 0 bridgehead atoms. The maximum Gasteiger partial charge on any atom is 0.124 e. The fourth-order valence-electron chi connectivity index (χ4n) is 2.89. The monoisotopic (exact) mass is 233 g/mol. The Hall–Kier alpha value is -1.06. The standard InChI is InChI=1S/C14H19NO2/c1-16-15-13-6-7-17-14-9-11-5-3-2-4-10(11)8-12(13)14/h8-9,13,15H,2-7H2,1H3. The van der Waals surface area contributed by atoms with E-state index >= 15 is 0 Å². The van der Waals surface area contributed by atoms with Gasteiger partial charge in [-0.1, -0.05) is 6.07 Å². The van der Waals surface area contributed by atoms with Gasteiger partial charge in [0.05, 0.1) is 19.8 Å². The number of nitrogens with one attached hydrogen (secondary N) is 1. The molecule has 0 aromatic heterocycles. The predicted molar refractivity (Wildman–Crippen MR) is 66.1 cm³/mol. The zero-order valence-electron chi connectivity index (χ0n) is 10.3. The molecule has 3 rings (SSSR count). The van der Waals surface area contributed by atoms with Crippen LogP contribution < -0.4 is 10.2 Å². The lowest BCUT2D eigenvalue weighted by molar-refractivity contribution is 0.0462. The smallest absolute Gasteiger partial charge is 0.124 e. The van der Waals surface area contributed by atoms with Crippen LogP contribution in [-0.4, -0.2) is 13.7 Å². The molecule has 0 radical (unpaired) electrons. The molecule has 0 saturated heterocycles. The molecule has 1 aromatic carbocycles. The first-order valence-electron chi connectivity index (χ1n) is 6.45. The zero-order chi connectivity index (χ0) is 11.7. The molecular weight excluding hydrogens is 214 g/mol. The van der Waals surface area contributed by atoms with Crippen molar-refractivity contribution >= 4 is 0 Å². The van der Waals surface area contributed by atoms with Crippen LogP contribution in [0, 0.1) is 0 Å². The number of rotatable bonds is 2. The summed E-state index contributed by atoms with van der Waals surface area (Å²) in [6.07, 6.45) is 6.01. The van der Waals surface area contributed by atoms with Crippen molar-refractivity contribution in [2.45, 2.75) is 38.1 Å². The Kier molecular flexibility index (Phi) is 3.04. The molecule has 1 aromatic rings. The number of hydrogen-bond acceptors (Lipinski definition) is 3. The maximum atomic E-state index is 5.77.